The number of anilines is 1. The third-order valence-electron chi connectivity index (χ3n) is 2.13. The quantitative estimate of drug-likeness (QED) is 0.766. The molecule has 4 heteroatoms. The van der Waals surface area contributed by atoms with Gasteiger partial charge < -0.3 is 4.90 Å². The molecule has 0 amide bonds. The molecule has 0 saturated heterocycles. The van der Waals surface area contributed by atoms with Crippen molar-refractivity contribution in [3.8, 4) is 0 Å². The van der Waals surface area contributed by atoms with Crippen molar-refractivity contribution in [3.05, 3.63) is 22.8 Å². The Morgan fingerprint density at radius 2 is 1.94 bits per heavy atom. The van der Waals surface area contributed by atoms with Gasteiger partial charge in [-0.2, -0.15) is 0 Å². The van der Waals surface area contributed by atoms with Crippen molar-refractivity contribution in [2.45, 2.75) is 26.7 Å². The molecule has 1 aromatic rings. The number of halogens is 2. The third kappa shape index (κ3) is 3.84. The van der Waals surface area contributed by atoms with E-state index in [1.165, 1.54) is 0 Å². The first-order chi connectivity index (χ1) is 7.33. The minimum Gasteiger partial charge on any atom is -0.359 e. The second-order valence-corrected chi connectivity index (χ2v) is 5.82. The first-order valence-corrected chi connectivity index (χ1v) is 6.17. The Balaban J connectivity index is 2.88. The Hall–Kier alpha value is -0.470. The first-order valence-electron chi connectivity index (χ1n) is 5.26. The van der Waals surface area contributed by atoms with E-state index in [0.29, 0.717) is 10.9 Å². The summed E-state index contributed by atoms with van der Waals surface area (Å²) in [4.78, 5) is 6.55. The molecule has 0 spiro atoms. The zero-order valence-corrected chi connectivity index (χ0v) is 11.7. The summed E-state index contributed by atoms with van der Waals surface area (Å²) in [7, 11) is 2.03. The molecule has 1 rings (SSSR count). The summed E-state index contributed by atoms with van der Waals surface area (Å²) in [5.74, 6) is 1.26. The lowest BCUT2D eigenvalue weighted by Crippen LogP contribution is -2.29. The minimum absolute atomic E-state index is 0.233. The summed E-state index contributed by atoms with van der Waals surface area (Å²) in [5, 5.41) is 0.628. The second-order valence-electron chi connectivity index (χ2n) is 5.15. The average molecular weight is 261 g/mol. The number of rotatable bonds is 3. The maximum Gasteiger partial charge on any atom is 0.128 e. The first kappa shape index (κ1) is 13.6. The van der Waals surface area contributed by atoms with E-state index in [9.17, 15) is 0 Å². The van der Waals surface area contributed by atoms with E-state index in [2.05, 4.69) is 30.7 Å². The molecule has 16 heavy (non-hydrogen) atoms. The molecule has 0 aliphatic carbocycles. The monoisotopic (exact) mass is 260 g/mol. The van der Waals surface area contributed by atoms with Crippen LogP contribution in [0.1, 0.15) is 26.5 Å². The van der Waals surface area contributed by atoms with Gasteiger partial charge in [-0.05, 0) is 17.5 Å². The Bertz CT molecular complexity index is 359. The van der Waals surface area contributed by atoms with Crippen LogP contribution in [-0.4, -0.2) is 18.6 Å². The molecule has 1 heterocycles. The number of hydrogen-bond donors (Lipinski definition) is 0. The molecule has 2 nitrogen and oxygen atoms in total. The van der Waals surface area contributed by atoms with Gasteiger partial charge in [-0.25, -0.2) is 4.98 Å². The highest BCUT2D eigenvalue weighted by Gasteiger charge is 2.15. The van der Waals surface area contributed by atoms with Crippen LogP contribution in [0, 0.1) is 5.41 Å². The zero-order valence-electron chi connectivity index (χ0n) is 10.2. The Kier molecular flexibility index (Phi) is 4.45. The number of aromatic nitrogens is 1. The van der Waals surface area contributed by atoms with Crippen LogP contribution >= 0.6 is 23.2 Å². The lowest BCUT2D eigenvalue weighted by Gasteiger charge is -2.27. The smallest absolute Gasteiger partial charge is 0.128 e. The van der Waals surface area contributed by atoms with Crippen LogP contribution in [-0.2, 0) is 5.88 Å². The van der Waals surface area contributed by atoms with Crippen LogP contribution in [0.4, 0.5) is 5.82 Å². The molecule has 0 atom stereocenters. The van der Waals surface area contributed by atoms with E-state index in [4.69, 9.17) is 23.2 Å². The topological polar surface area (TPSA) is 16.1 Å². The maximum atomic E-state index is 5.97. The molecule has 0 aliphatic heterocycles. The van der Waals surface area contributed by atoms with Gasteiger partial charge in [0.25, 0.3) is 0 Å². The molecule has 0 unspecified atom stereocenters. The van der Waals surface area contributed by atoms with Gasteiger partial charge in [-0.15, -0.1) is 11.6 Å². The van der Waals surface area contributed by atoms with Gasteiger partial charge in [0, 0.05) is 13.6 Å². The van der Waals surface area contributed by atoms with Crippen molar-refractivity contribution in [2.75, 3.05) is 18.5 Å². The van der Waals surface area contributed by atoms with E-state index < -0.39 is 0 Å². The van der Waals surface area contributed by atoms with Crippen molar-refractivity contribution < 1.29 is 0 Å². The largest absolute Gasteiger partial charge is 0.359 e. The lowest BCUT2D eigenvalue weighted by atomic mass is 9.96. The molecule has 90 valence electrons. The van der Waals surface area contributed by atoms with Crippen molar-refractivity contribution in [2.24, 2.45) is 5.41 Å². The average Bonchev–Trinajstić information content (AvgIpc) is 2.15. The van der Waals surface area contributed by atoms with Crippen molar-refractivity contribution in [3.63, 3.8) is 0 Å². The lowest BCUT2D eigenvalue weighted by molar-refractivity contribution is 0.417. The van der Waals surface area contributed by atoms with Gasteiger partial charge in [0.2, 0.25) is 0 Å². The normalized spacial score (nSPS) is 11.6. The van der Waals surface area contributed by atoms with Gasteiger partial charge in [0.15, 0.2) is 0 Å². The second kappa shape index (κ2) is 5.24. The van der Waals surface area contributed by atoms with E-state index in [1.54, 1.807) is 0 Å². The summed E-state index contributed by atoms with van der Waals surface area (Å²) in [5.41, 5.74) is 0.971. The molecule has 0 N–H and O–H groups in total. The van der Waals surface area contributed by atoms with E-state index in [0.717, 1.165) is 18.1 Å². The zero-order chi connectivity index (χ0) is 12.3. The summed E-state index contributed by atoms with van der Waals surface area (Å²) in [6.45, 7) is 7.52. The minimum atomic E-state index is 0.233. The highest BCUT2D eigenvalue weighted by Crippen LogP contribution is 2.22. The predicted octanol–water partition coefficient (Wildman–Crippen LogP) is 3.96. The van der Waals surface area contributed by atoms with Crippen molar-refractivity contribution in [1.29, 1.82) is 0 Å². The molecular weight excluding hydrogens is 243 g/mol. The molecule has 0 saturated carbocycles. The van der Waals surface area contributed by atoms with Gasteiger partial charge in [-0.1, -0.05) is 32.4 Å². The fraction of sp³-hybridized carbons (Fsp3) is 0.583. The van der Waals surface area contributed by atoms with Crippen LogP contribution in [0.5, 0.6) is 0 Å². The third-order valence-corrected chi connectivity index (χ3v) is 2.73. The molecule has 0 radical (unpaired) electrons. The summed E-state index contributed by atoms with van der Waals surface area (Å²) >= 11 is 11.7. The summed E-state index contributed by atoms with van der Waals surface area (Å²) < 4.78 is 0. The van der Waals surface area contributed by atoms with Gasteiger partial charge >= 0.3 is 0 Å². The number of nitrogens with zero attached hydrogens (tertiary/aromatic N) is 2. The number of alkyl halides is 1. The van der Waals surface area contributed by atoms with Gasteiger partial charge in [0.1, 0.15) is 5.82 Å². The standard InChI is InChI=1S/C12H18Cl2N2/c1-12(2,3)8-16(4)11-6-5-9(14)10(7-13)15-11/h5-6H,7-8H2,1-4H3. The van der Waals surface area contributed by atoms with Crippen molar-refractivity contribution in [1.82, 2.24) is 4.98 Å². The molecule has 0 bridgehead atoms. The summed E-state index contributed by atoms with van der Waals surface area (Å²) in [6, 6.07) is 3.77. The van der Waals surface area contributed by atoms with Crippen LogP contribution in [0.2, 0.25) is 5.02 Å². The van der Waals surface area contributed by atoms with E-state index in [1.807, 2.05) is 19.2 Å². The van der Waals surface area contributed by atoms with Crippen LogP contribution in [0.25, 0.3) is 0 Å². The number of pyridine rings is 1. The molecule has 0 aromatic carbocycles. The predicted molar refractivity (Wildman–Crippen MR) is 71.5 cm³/mol. The highest BCUT2D eigenvalue weighted by atomic mass is 35.5. The fourth-order valence-electron chi connectivity index (χ4n) is 1.57. The van der Waals surface area contributed by atoms with Crippen molar-refractivity contribution >= 4 is 29.0 Å². The van der Waals surface area contributed by atoms with Gasteiger partial charge in [0.05, 0.1) is 16.6 Å². The maximum absolute atomic E-state index is 5.97. The summed E-state index contributed by atoms with van der Waals surface area (Å²) in [6.07, 6.45) is 0. The Morgan fingerprint density at radius 1 is 1.31 bits per heavy atom. The van der Waals surface area contributed by atoms with E-state index in [-0.39, 0.29) is 5.41 Å². The van der Waals surface area contributed by atoms with Crippen LogP contribution in [0.15, 0.2) is 12.1 Å². The fourth-order valence-corrected chi connectivity index (χ4v) is 2.02. The highest BCUT2D eigenvalue weighted by molar-refractivity contribution is 6.32. The van der Waals surface area contributed by atoms with E-state index >= 15 is 0 Å². The Labute approximate surface area is 108 Å². The molecule has 1 aromatic heterocycles. The number of hydrogen-bond acceptors (Lipinski definition) is 2. The molecular formula is C12H18Cl2N2. The van der Waals surface area contributed by atoms with Crippen LogP contribution in [0.3, 0.4) is 0 Å². The van der Waals surface area contributed by atoms with Crippen LogP contribution < -0.4 is 4.90 Å². The Morgan fingerprint density at radius 3 is 2.44 bits per heavy atom. The molecule has 0 fully saturated rings. The molecule has 0 aliphatic rings. The SMILES string of the molecule is CN(CC(C)(C)C)c1ccc(Cl)c(CCl)n1. The van der Waals surface area contributed by atoms with Gasteiger partial charge in [-0.3, -0.25) is 0 Å².